The first-order chi connectivity index (χ1) is 16.5. The third kappa shape index (κ3) is 5.43. The van der Waals surface area contributed by atoms with Gasteiger partial charge in [-0.2, -0.15) is 0 Å². The summed E-state index contributed by atoms with van der Waals surface area (Å²) in [6, 6.07) is 7.61. The number of nitrogens with one attached hydrogen (secondary N) is 2. The van der Waals surface area contributed by atoms with E-state index in [0.29, 0.717) is 21.8 Å². The van der Waals surface area contributed by atoms with Gasteiger partial charge in [0.25, 0.3) is 5.56 Å². The Labute approximate surface area is 202 Å². The van der Waals surface area contributed by atoms with E-state index in [9.17, 15) is 14.4 Å². The lowest BCUT2D eigenvalue weighted by molar-refractivity contribution is -0.122. The van der Waals surface area contributed by atoms with Gasteiger partial charge >= 0.3 is 0 Å². The number of carbonyl (C=O) groups excluding carboxylic acids is 2. The van der Waals surface area contributed by atoms with E-state index < -0.39 is 0 Å². The Morgan fingerprint density at radius 3 is 2.68 bits per heavy atom. The Bertz CT molecular complexity index is 1230. The monoisotopic (exact) mass is 484 g/mol. The van der Waals surface area contributed by atoms with Crippen LogP contribution in [0.1, 0.15) is 58.8 Å². The van der Waals surface area contributed by atoms with Crippen LogP contribution in [0, 0.1) is 0 Å². The van der Waals surface area contributed by atoms with Crippen LogP contribution in [0.15, 0.2) is 34.2 Å². The number of carbonyl (C=O) groups is 2. The molecule has 1 fully saturated rings. The Morgan fingerprint density at radius 1 is 1.15 bits per heavy atom. The van der Waals surface area contributed by atoms with Crippen LogP contribution in [-0.2, 0) is 16.1 Å². The highest BCUT2D eigenvalue weighted by Crippen LogP contribution is 2.22. The molecule has 0 radical (unpaired) electrons. The van der Waals surface area contributed by atoms with Crippen molar-refractivity contribution in [1.29, 1.82) is 0 Å². The molecular formula is C24H32N6O3S. The van der Waals surface area contributed by atoms with Crippen LogP contribution in [-0.4, -0.2) is 48.8 Å². The molecule has 1 aromatic carbocycles. The molecule has 0 bridgehead atoms. The maximum Gasteiger partial charge on any atom is 0.262 e. The number of aryl methyl sites for hydroxylation is 1. The van der Waals surface area contributed by atoms with E-state index in [1.807, 2.05) is 32.0 Å². The van der Waals surface area contributed by atoms with Crippen molar-refractivity contribution in [3.8, 4) is 0 Å². The van der Waals surface area contributed by atoms with Gasteiger partial charge in [0.15, 0.2) is 5.16 Å². The molecule has 3 aromatic rings. The molecule has 2 aromatic heterocycles. The summed E-state index contributed by atoms with van der Waals surface area (Å²) < 4.78 is 3.32. The third-order valence-corrected chi connectivity index (χ3v) is 7.29. The molecule has 0 spiro atoms. The molecule has 34 heavy (non-hydrogen) atoms. The molecule has 1 atom stereocenters. The van der Waals surface area contributed by atoms with Crippen LogP contribution in [0.2, 0.25) is 0 Å². The third-order valence-electron chi connectivity index (χ3n) is 6.36. The van der Waals surface area contributed by atoms with Crippen molar-refractivity contribution >= 4 is 40.3 Å². The first kappa shape index (κ1) is 24.3. The van der Waals surface area contributed by atoms with Crippen molar-refractivity contribution in [2.45, 2.75) is 82.6 Å². The number of amides is 2. The number of para-hydroxylation sites is 1. The fourth-order valence-electron chi connectivity index (χ4n) is 4.34. The second-order valence-corrected chi connectivity index (χ2v) is 9.85. The zero-order valence-corrected chi connectivity index (χ0v) is 20.6. The molecule has 2 heterocycles. The number of rotatable bonds is 9. The zero-order valence-electron chi connectivity index (χ0n) is 19.7. The van der Waals surface area contributed by atoms with Gasteiger partial charge < -0.3 is 10.6 Å². The molecule has 0 aliphatic heterocycles. The van der Waals surface area contributed by atoms with Crippen molar-refractivity contribution in [3.05, 3.63) is 34.6 Å². The van der Waals surface area contributed by atoms with E-state index in [4.69, 9.17) is 0 Å². The minimum Gasteiger partial charge on any atom is -0.353 e. The maximum atomic E-state index is 13.3. The van der Waals surface area contributed by atoms with Crippen LogP contribution >= 0.6 is 11.8 Å². The molecule has 182 valence electrons. The smallest absolute Gasteiger partial charge is 0.262 e. The quantitative estimate of drug-likeness (QED) is 0.452. The standard InChI is InChI=1S/C24H32N6O3S/c1-3-16(2)25-21(32)15-34-24-28-27-23-29(14-13-20(31)26-17-9-5-4-6-10-17)22(33)18-11-7-8-12-19(18)30(23)24/h7-8,11-12,16-17H,3-6,9-10,13-15H2,1-2H3,(H,25,32)(H,26,31)/t16-/m1/s1. The average Bonchev–Trinajstić information content (AvgIpc) is 3.27. The second-order valence-electron chi connectivity index (χ2n) is 8.91. The Balaban J connectivity index is 1.58. The molecule has 9 nitrogen and oxygen atoms in total. The molecular weight excluding hydrogens is 452 g/mol. The predicted molar refractivity (Wildman–Crippen MR) is 133 cm³/mol. The van der Waals surface area contributed by atoms with Crippen LogP contribution in [0.25, 0.3) is 16.7 Å². The van der Waals surface area contributed by atoms with Gasteiger partial charge in [0, 0.05) is 25.0 Å². The van der Waals surface area contributed by atoms with E-state index >= 15 is 0 Å². The summed E-state index contributed by atoms with van der Waals surface area (Å²) in [5.74, 6) is 0.440. The van der Waals surface area contributed by atoms with Gasteiger partial charge in [-0.05, 0) is 38.3 Å². The number of aromatic nitrogens is 4. The Kier molecular flexibility index (Phi) is 7.87. The minimum atomic E-state index is -0.202. The van der Waals surface area contributed by atoms with Gasteiger partial charge in [-0.25, -0.2) is 0 Å². The fourth-order valence-corrected chi connectivity index (χ4v) is 5.09. The number of thioether (sulfide) groups is 1. The first-order valence-corrected chi connectivity index (χ1v) is 13.0. The van der Waals surface area contributed by atoms with Crippen molar-refractivity contribution in [2.75, 3.05) is 5.75 Å². The van der Waals surface area contributed by atoms with Crippen molar-refractivity contribution in [3.63, 3.8) is 0 Å². The van der Waals surface area contributed by atoms with E-state index in [1.54, 1.807) is 10.5 Å². The van der Waals surface area contributed by atoms with E-state index in [1.165, 1.54) is 22.7 Å². The van der Waals surface area contributed by atoms with Gasteiger partial charge in [-0.3, -0.25) is 23.4 Å². The molecule has 1 aliphatic rings. The topological polar surface area (TPSA) is 110 Å². The molecule has 0 unspecified atom stereocenters. The minimum absolute atomic E-state index is 0.0547. The van der Waals surface area contributed by atoms with E-state index in [0.717, 1.165) is 32.1 Å². The lowest BCUT2D eigenvalue weighted by Crippen LogP contribution is -2.37. The first-order valence-electron chi connectivity index (χ1n) is 12.1. The maximum absolute atomic E-state index is 13.3. The summed E-state index contributed by atoms with van der Waals surface area (Å²) in [5.41, 5.74) is 0.479. The molecule has 4 rings (SSSR count). The highest BCUT2D eigenvalue weighted by Gasteiger charge is 2.20. The number of benzene rings is 1. The van der Waals surface area contributed by atoms with Crippen molar-refractivity contribution in [2.24, 2.45) is 0 Å². The van der Waals surface area contributed by atoms with Gasteiger partial charge in [0.2, 0.25) is 17.6 Å². The van der Waals surface area contributed by atoms with Crippen molar-refractivity contribution < 1.29 is 9.59 Å². The second kappa shape index (κ2) is 11.0. The highest BCUT2D eigenvalue weighted by molar-refractivity contribution is 7.99. The summed E-state index contributed by atoms with van der Waals surface area (Å²) in [6.07, 6.45) is 6.59. The van der Waals surface area contributed by atoms with Gasteiger partial charge in [0.05, 0.1) is 16.7 Å². The van der Waals surface area contributed by atoms with Gasteiger partial charge in [-0.1, -0.05) is 50.1 Å². The van der Waals surface area contributed by atoms with Crippen LogP contribution in [0.5, 0.6) is 0 Å². The van der Waals surface area contributed by atoms with E-state index in [-0.39, 0.29) is 48.2 Å². The molecule has 1 saturated carbocycles. The van der Waals surface area contributed by atoms with Crippen LogP contribution in [0.4, 0.5) is 0 Å². The van der Waals surface area contributed by atoms with Crippen molar-refractivity contribution in [1.82, 2.24) is 29.8 Å². The van der Waals surface area contributed by atoms with Crippen LogP contribution in [0.3, 0.4) is 0 Å². The molecule has 10 heteroatoms. The molecule has 0 saturated heterocycles. The van der Waals surface area contributed by atoms with Gasteiger partial charge in [0.1, 0.15) is 0 Å². The van der Waals surface area contributed by atoms with Gasteiger partial charge in [-0.15, -0.1) is 10.2 Å². The van der Waals surface area contributed by atoms with Crippen LogP contribution < -0.4 is 16.2 Å². The summed E-state index contributed by atoms with van der Waals surface area (Å²) >= 11 is 1.28. The number of fused-ring (bicyclic) bond motifs is 3. The van der Waals surface area contributed by atoms with E-state index in [2.05, 4.69) is 20.8 Å². The Morgan fingerprint density at radius 2 is 1.91 bits per heavy atom. The lowest BCUT2D eigenvalue weighted by atomic mass is 9.95. The fraction of sp³-hybridized carbons (Fsp3) is 0.542. The number of nitrogens with zero attached hydrogens (tertiary/aromatic N) is 4. The lowest BCUT2D eigenvalue weighted by Gasteiger charge is -2.22. The highest BCUT2D eigenvalue weighted by atomic mass is 32.2. The Hall–Kier alpha value is -2.88. The summed E-state index contributed by atoms with van der Waals surface area (Å²) in [5, 5.41) is 15.7. The number of hydrogen-bond donors (Lipinski definition) is 2. The number of hydrogen-bond acceptors (Lipinski definition) is 6. The predicted octanol–water partition coefficient (Wildman–Crippen LogP) is 2.89. The SMILES string of the molecule is CC[C@@H](C)NC(=O)CSc1nnc2n(CCC(=O)NC3CCCCC3)c(=O)c3ccccc3n12. The summed E-state index contributed by atoms with van der Waals surface area (Å²) in [4.78, 5) is 38.1. The molecule has 2 N–H and O–H groups in total. The summed E-state index contributed by atoms with van der Waals surface area (Å²) in [7, 11) is 0. The molecule has 1 aliphatic carbocycles. The zero-order chi connectivity index (χ0) is 24.1. The molecule has 2 amide bonds. The normalized spacial score (nSPS) is 15.5. The average molecular weight is 485 g/mol. The largest absolute Gasteiger partial charge is 0.353 e. The summed E-state index contributed by atoms with van der Waals surface area (Å²) in [6.45, 7) is 4.19.